The second-order valence-corrected chi connectivity index (χ2v) is 5.78. The van der Waals surface area contributed by atoms with E-state index in [1.807, 2.05) is 0 Å². The van der Waals surface area contributed by atoms with E-state index >= 15 is 0 Å². The summed E-state index contributed by atoms with van der Waals surface area (Å²) in [7, 11) is 0. The van der Waals surface area contributed by atoms with Crippen molar-refractivity contribution in [2.75, 3.05) is 17.6 Å². The van der Waals surface area contributed by atoms with Crippen LogP contribution in [0.15, 0.2) is 12.1 Å². The zero-order chi connectivity index (χ0) is 16.2. The first-order valence-corrected chi connectivity index (χ1v) is 7.00. The number of anilines is 2. The first-order chi connectivity index (χ1) is 9.72. The number of benzene rings is 1. The highest BCUT2D eigenvalue weighted by atomic mass is 19.3. The monoisotopic (exact) mass is 304 g/mol. The maximum atomic E-state index is 13.5. The number of alkyl halides is 2. The molecule has 120 valence electrons. The average molecular weight is 304 g/mol. The van der Waals surface area contributed by atoms with Crippen LogP contribution < -0.4 is 15.8 Å². The van der Waals surface area contributed by atoms with Crippen LogP contribution in [-0.4, -0.2) is 13.2 Å². The molecule has 0 aliphatic carbocycles. The third kappa shape index (κ3) is 5.02. The number of nitrogens with two attached hydrogens (primary N) is 1. The summed E-state index contributed by atoms with van der Waals surface area (Å²) in [4.78, 5) is 0. The average Bonchev–Trinajstić information content (AvgIpc) is 2.33. The van der Waals surface area contributed by atoms with Crippen LogP contribution >= 0.6 is 0 Å². The molecule has 0 aliphatic rings. The van der Waals surface area contributed by atoms with Crippen molar-refractivity contribution in [2.45, 2.75) is 34.3 Å². The molecule has 0 aliphatic heterocycles. The van der Waals surface area contributed by atoms with Crippen LogP contribution in [0.25, 0.3) is 0 Å². The zero-order valence-electron chi connectivity index (χ0n) is 12.8. The van der Waals surface area contributed by atoms with Gasteiger partial charge in [0.15, 0.2) is 11.6 Å². The van der Waals surface area contributed by atoms with Crippen molar-refractivity contribution in [1.29, 1.82) is 0 Å². The molecule has 0 atom stereocenters. The van der Waals surface area contributed by atoms with Crippen molar-refractivity contribution in [3.05, 3.63) is 17.9 Å². The van der Waals surface area contributed by atoms with Gasteiger partial charge in [0.05, 0.1) is 11.4 Å². The van der Waals surface area contributed by atoms with Crippen LogP contribution in [0.2, 0.25) is 0 Å². The Bertz CT molecular complexity index is 456. The largest absolute Gasteiger partial charge is 0.432 e. The molecule has 1 aromatic carbocycles. The number of hydrogen-bond acceptors (Lipinski definition) is 3. The first kappa shape index (κ1) is 17.5. The Hall–Kier alpha value is -1.59. The SMILES string of the molecule is CC(C)C(CNc1cc(OC(F)F)c(F)cc1N)C(C)C. The van der Waals surface area contributed by atoms with Gasteiger partial charge in [-0.1, -0.05) is 27.7 Å². The minimum Gasteiger partial charge on any atom is -0.432 e. The highest BCUT2D eigenvalue weighted by molar-refractivity contribution is 5.68. The van der Waals surface area contributed by atoms with Gasteiger partial charge in [-0.15, -0.1) is 0 Å². The van der Waals surface area contributed by atoms with Crippen LogP contribution in [0.1, 0.15) is 27.7 Å². The van der Waals surface area contributed by atoms with Gasteiger partial charge in [0.1, 0.15) is 0 Å². The van der Waals surface area contributed by atoms with Crippen LogP contribution in [-0.2, 0) is 0 Å². The molecule has 1 aromatic rings. The molecule has 0 saturated heterocycles. The molecule has 0 amide bonds. The Kier molecular flexibility index (Phi) is 6.18. The van der Waals surface area contributed by atoms with E-state index < -0.39 is 18.2 Å². The van der Waals surface area contributed by atoms with E-state index in [0.29, 0.717) is 30.0 Å². The summed E-state index contributed by atoms with van der Waals surface area (Å²) in [5.41, 5.74) is 6.28. The molecule has 0 fully saturated rings. The van der Waals surface area contributed by atoms with Gasteiger partial charge in [0.25, 0.3) is 0 Å². The molecular weight excluding hydrogens is 281 g/mol. The third-order valence-corrected chi connectivity index (χ3v) is 3.56. The van der Waals surface area contributed by atoms with Crippen LogP contribution in [0.4, 0.5) is 24.5 Å². The number of halogens is 3. The second kappa shape index (κ2) is 7.43. The van der Waals surface area contributed by atoms with Crippen molar-refractivity contribution in [3.63, 3.8) is 0 Å². The molecule has 0 radical (unpaired) electrons. The molecule has 6 heteroatoms. The molecule has 0 bridgehead atoms. The highest BCUT2D eigenvalue weighted by Crippen LogP contribution is 2.30. The molecule has 0 heterocycles. The van der Waals surface area contributed by atoms with Crippen LogP contribution in [0.5, 0.6) is 5.75 Å². The smallest absolute Gasteiger partial charge is 0.387 e. The van der Waals surface area contributed by atoms with Gasteiger partial charge in [-0.05, 0) is 17.8 Å². The topological polar surface area (TPSA) is 47.3 Å². The fraction of sp³-hybridized carbons (Fsp3) is 0.600. The van der Waals surface area contributed by atoms with Gasteiger partial charge in [-0.25, -0.2) is 4.39 Å². The Morgan fingerprint density at radius 2 is 1.71 bits per heavy atom. The van der Waals surface area contributed by atoms with E-state index in [-0.39, 0.29) is 5.69 Å². The van der Waals surface area contributed by atoms with Gasteiger partial charge in [0, 0.05) is 18.7 Å². The van der Waals surface area contributed by atoms with Crippen molar-refractivity contribution in [1.82, 2.24) is 0 Å². The summed E-state index contributed by atoms with van der Waals surface area (Å²) in [5, 5.41) is 3.10. The Morgan fingerprint density at radius 1 is 1.14 bits per heavy atom. The maximum Gasteiger partial charge on any atom is 0.387 e. The zero-order valence-corrected chi connectivity index (χ0v) is 12.8. The van der Waals surface area contributed by atoms with Crippen molar-refractivity contribution < 1.29 is 17.9 Å². The molecule has 21 heavy (non-hydrogen) atoms. The normalized spacial score (nSPS) is 11.8. The van der Waals surface area contributed by atoms with Crippen molar-refractivity contribution in [2.24, 2.45) is 17.8 Å². The number of nitrogen functional groups attached to an aromatic ring is 1. The fourth-order valence-corrected chi connectivity index (χ4v) is 2.38. The fourth-order valence-electron chi connectivity index (χ4n) is 2.38. The van der Waals surface area contributed by atoms with Gasteiger partial charge < -0.3 is 15.8 Å². The van der Waals surface area contributed by atoms with E-state index in [1.54, 1.807) is 0 Å². The van der Waals surface area contributed by atoms with E-state index in [0.717, 1.165) is 6.07 Å². The lowest BCUT2D eigenvalue weighted by atomic mass is 9.85. The minimum absolute atomic E-state index is 0.167. The van der Waals surface area contributed by atoms with Gasteiger partial charge >= 0.3 is 6.61 Å². The Morgan fingerprint density at radius 3 is 2.19 bits per heavy atom. The summed E-state index contributed by atoms with van der Waals surface area (Å²) in [6.45, 7) is 6.02. The quantitative estimate of drug-likeness (QED) is 0.736. The first-order valence-electron chi connectivity index (χ1n) is 7.00. The number of rotatable bonds is 7. The van der Waals surface area contributed by atoms with Gasteiger partial charge in [0.2, 0.25) is 0 Å². The molecule has 0 aromatic heterocycles. The Balaban J connectivity index is 2.87. The molecule has 1 rings (SSSR count). The summed E-state index contributed by atoms with van der Waals surface area (Å²) in [6.07, 6.45) is 0. The lowest BCUT2D eigenvalue weighted by Crippen LogP contribution is -2.24. The number of nitrogens with one attached hydrogen (secondary N) is 1. The summed E-state index contributed by atoms with van der Waals surface area (Å²) in [6, 6.07) is 2.16. The van der Waals surface area contributed by atoms with Gasteiger partial charge in [-0.3, -0.25) is 0 Å². The Labute approximate surface area is 123 Å². The van der Waals surface area contributed by atoms with E-state index in [1.165, 1.54) is 6.07 Å². The van der Waals surface area contributed by atoms with Gasteiger partial charge in [-0.2, -0.15) is 8.78 Å². The second-order valence-electron chi connectivity index (χ2n) is 5.78. The third-order valence-electron chi connectivity index (χ3n) is 3.56. The van der Waals surface area contributed by atoms with Crippen LogP contribution in [0.3, 0.4) is 0 Å². The molecule has 3 N–H and O–H groups in total. The molecular formula is C15H23F3N2O. The lowest BCUT2D eigenvalue weighted by molar-refractivity contribution is -0.0521. The van der Waals surface area contributed by atoms with E-state index in [4.69, 9.17) is 5.73 Å². The number of hydrogen-bond donors (Lipinski definition) is 2. The molecule has 0 unspecified atom stereocenters. The minimum atomic E-state index is -3.07. The molecule has 0 saturated carbocycles. The highest BCUT2D eigenvalue weighted by Gasteiger charge is 2.18. The molecule has 0 spiro atoms. The number of ether oxygens (including phenoxy) is 1. The van der Waals surface area contributed by atoms with Crippen LogP contribution in [0, 0.1) is 23.6 Å². The van der Waals surface area contributed by atoms with Crippen molar-refractivity contribution in [3.8, 4) is 5.75 Å². The summed E-state index contributed by atoms with van der Waals surface area (Å²) >= 11 is 0. The molecule has 3 nitrogen and oxygen atoms in total. The van der Waals surface area contributed by atoms with Crippen molar-refractivity contribution >= 4 is 11.4 Å². The summed E-state index contributed by atoms with van der Waals surface area (Å²) in [5.74, 6) is -0.115. The lowest BCUT2D eigenvalue weighted by Gasteiger charge is -2.26. The predicted molar refractivity (Wildman–Crippen MR) is 79.1 cm³/mol. The van der Waals surface area contributed by atoms with E-state index in [2.05, 4.69) is 37.7 Å². The standard InChI is InChI=1S/C15H23F3N2O/c1-8(2)10(9(3)4)7-20-13-6-14(21-15(17)18)11(16)5-12(13)19/h5-6,8-10,15,20H,7,19H2,1-4H3. The summed E-state index contributed by atoms with van der Waals surface area (Å²) < 4.78 is 42.1. The van der Waals surface area contributed by atoms with E-state index in [9.17, 15) is 13.2 Å². The maximum absolute atomic E-state index is 13.5. The predicted octanol–water partition coefficient (Wildman–Crippen LogP) is 4.35.